The minimum atomic E-state index is -0.342. The van der Waals surface area contributed by atoms with Crippen LogP contribution in [0, 0.1) is 0 Å². The molecule has 0 spiro atoms. The Morgan fingerprint density at radius 2 is 2.10 bits per heavy atom. The number of ether oxygens (including phenoxy) is 1. The Balaban J connectivity index is 1.74. The molecule has 0 N–H and O–H groups in total. The molecule has 4 heteroatoms. The summed E-state index contributed by atoms with van der Waals surface area (Å²) in [7, 11) is 1.39. The third kappa shape index (κ3) is 2.47. The van der Waals surface area contributed by atoms with Crippen molar-refractivity contribution in [3.63, 3.8) is 0 Å². The number of fused-ring (bicyclic) bond motifs is 1. The van der Waals surface area contributed by atoms with Crippen LogP contribution in [-0.4, -0.2) is 24.5 Å². The zero-order valence-corrected chi connectivity index (χ0v) is 11.5. The molecule has 20 heavy (non-hydrogen) atoms. The largest absolute Gasteiger partial charge is 0.467 e. The molecule has 0 fully saturated rings. The third-order valence-electron chi connectivity index (χ3n) is 3.73. The number of esters is 1. The number of benzene rings is 1. The summed E-state index contributed by atoms with van der Waals surface area (Å²) in [6.07, 6.45) is 2.57. The van der Waals surface area contributed by atoms with E-state index < -0.39 is 0 Å². The Bertz CT molecular complexity index is 618. The van der Waals surface area contributed by atoms with Crippen molar-refractivity contribution < 1.29 is 13.9 Å². The predicted molar refractivity (Wildman–Crippen MR) is 74.3 cm³/mol. The van der Waals surface area contributed by atoms with E-state index in [2.05, 4.69) is 29.2 Å². The van der Waals surface area contributed by atoms with Gasteiger partial charge < -0.3 is 9.15 Å². The standard InChI is InChI=1S/C16H17NO3/c1-19-16(18)14-7-9-20-15(14)11-17-8-6-12-4-2-3-5-13(12)10-17/h2-5,7,9H,6,8,10-11H2,1H3. The van der Waals surface area contributed by atoms with Crippen molar-refractivity contribution in [3.8, 4) is 0 Å². The normalized spacial score (nSPS) is 14.8. The second kappa shape index (κ2) is 5.51. The molecule has 1 aliphatic rings. The first-order valence-electron chi connectivity index (χ1n) is 6.72. The highest BCUT2D eigenvalue weighted by Gasteiger charge is 2.21. The fourth-order valence-corrected chi connectivity index (χ4v) is 2.65. The van der Waals surface area contributed by atoms with Crippen molar-refractivity contribution in [2.24, 2.45) is 0 Å². The van der Waals surface area contributed by atoms with Gasteiger partial charge in [0.25, 0.3) is 0 Å². The van der Waals surface area contributed by atoms with Crippen molar-refractivity contribution in [3.05, 3.63) is 59.0 Å². The number of carbonyl (C=O) groups is 1. The van der Waals surface area contributed by atoms with Crippen LogP contribution in [0.15, 0.2) is 41.0 Å². The van der Waals surface area contributed by atoms with E-state index in [4.69, 9.17) is 9.15 Å². The molecule has 3 rings (SSSR count). The van der Waals surface area contributed by atoms with Crippen LogP contribution in [0.3, 0.4) is 0 Å². The van der Waals surface area contributed by atoms with Crippen LogP contribution in [-0.2, 0) is 24.2 Å². The van der Waals surface area contributed by atoms with Gasteiger partial charge in [-0.15, -0.1) is 0 Å². The summed E-state index contributed by atoms with van der Waals surface area (Å²) in [6.45, 7) is 2.49. The highest BCUT2D eigenvalue weighted by molar-refractivity contribution is 5.90. The van der Waals surface area contributed by atoms with Crippen molar-refractivity contribution in [2.75, 3.05) is 13.7 Å². The lowest BCUT2D eigenvalue weighted by atomic mass is 10.00. The van der Waals surface area contributed by atoms with Crippen LogP contribution in [0.1, 0.15) is 27.2 Å². The number of rotatable bonds is 3. The molecule has 1 aromatic heterocycles. The van der Waals surface area contributed by atoms with E-state index in [1.165, 1.54) is 18.2 Å². The lowest BCUT2D eigenvalue weighted by molar-refractivity contribution is 0.0596. The van der Waals surface area contributed by atoms with Gasteiger partial charge in [0, 0.05) is 13.1 Å². The number of methoxy groups -OCH3 is 1. The average molecular weight is 271 g/mol. The van der Waals surface area contributed by atoms with Gasteiger partial charge in [0.15, 0.2) is 0 Å². The van der Waals surface area contributed by atoms with Crippen molar-refractivity contribution >= 4 is 5.97 Å². The minimum Gasteiger partial charge on any atom is -0.467 e. The molecular formula is C16H17NO3. The Kier molecular flexibility index (Phi) is 3.56. The van der Waals surface area contributed by atoms with E-state index in [0.717, 1.165) is 19.5 Å². The maximum atomic E-state index is 11.6. The van der Waals surface area contributed by atoms with E-state index >= 15 is 0 Å². The van der Waals surface area contributed by atoms with E-state index in [-0.39, 0.29) is 5.97 Å². The second-order valence-electron chi connectivity index (χ2n) is 4.98. The monoisotopic (exact) mass is 271 g/mol. The van der Waals surface area contributed by atoms with E-state index in [1.807, 2.05) is 0 Å². The van der Waals surface area contributed by atoms with Crippen molar-refractivity contribution in [1.29, 1.82) is 0 Å². The minimum absolute atomic E-state index is 0.342. The maximum absolute atomic E-state index is 11.6. The molecule has 1 aromatic carbocycles. The van der Waals surface area contributed by atoms with Gasteiger partial charge in [0.2, 0.25) is 0 Å². The fourth-order valence-electron chi connectivity index (χ4n) is 2.65. The summed E-state index contributed by atoms with van der Waals surface area (Å²) in [6, 6.07) is 10.1. The van der Waals surface area contributed by atoms with Gasteiger partial charge in [0.1, 0.15) is 11.3 Å². The maximum Gasteiger partial charge on any atom is 0.341 e. The Morgan fingerprint density at radius 3 is 2.90 bits per heavy atom. The van der Waals surface area contributed by atoms with Crippen LogP contribution in [0.4, 0.5) is 0 Å². The molecule has 0 atom stereocenters. The van der Waals surface area contributed by atoms with Gasteiger partial charge in [-0.3, -0.25) is 4.90 Å². The van der Waals surface area contributed by atoms with Crippen LogP contribution in [0.5, 0.6) is 0 Å². The Labute approximate surface area is 118 Å². The lowest BCUT2D eigenvalue weighted by Gasteiger charge is -2.28. The highest BCUT2D eigenvalue weighted by atomic mass is 16.5. The number of hydrogen-bond donors (Lipinski definition) is 0. The average Bonchev–Trinajstić information content (AvgIpc) is 2.94. The molecule has 0 saturated heterocycles. The molecule has 0 amide bonds. The number of nitrogens with zero attached hydrogens (tertiary/aromatic N) is 1. The zero-order valence-electron chi connectivity index (χ0n) is 11.5. The second-order valence-corrected chi connectivity index (χ2v) is 4.98. The SMILES string of the molecule is COC(=O)c1ccoc1CN1CCc2ccccc2C1. The topological polar surface area (TPSA) is 42.7 Å². The summed E-state index contributed by atoms with van der Waals surface area (Å²) in [5.74, 6) is 0.336. The molecule has 2 aromatic rings. The van der Waals surface area contributed by atoms with Crippen LogP contribution in [0.2, 0.25) is 0 Å². The quantitative estimate of drug-likeness (QED) is 0.805. The molecule has 0 radical (unpaired) electrons. The summed E-state index contributed by atoms with van der Waals surface area (Å²) >= 11 is 0. The van der Waals surface area contributed by atoms with Crippen LogP contribution in [0.25, 0.3) is 0 Å². The number of hydrogen-bond acceptors (Lipinski definition) is 4. The molecule has 0 saturated carbocycles. The van der Waals surface area contributed by atoms with Crippen LogP contribution < -0.4 is 0 Å². The summed E-state index contributed by atoms with van der Waals surface area (Å²) in [4.78, 5) is 13.9. The third-order valence-corrected chi connectivity index (χ3v) is 3.73. The summed E-state index contributed by atoms with van der Waals surface area (Å²) in [5.41, 5.74) is 3.28. The van der Waals surface area contributed by atoms with Gasteiger partial charge in [-0.05, 0) is 23.6 Å². The highest BCUT2D eigenvalue weighted by Crippen LogP contribution is 2.22. The zero-order chi connectivity index (χ0) is 13.9. The van der Waals surface area contributed by atoms with Gasteiger partial charge in [-0.25, -0.2) is 4.79 Å². The molecule has 104 valence electrons. The molecular weight excluding hydrogens is 254 g/mol. The fraction of sp³-hybridized carbons (Fsp3) is 0.312. The lowest BCUT2D eigenvalue weighted by Crippen LogP contribution is -2.30. The van der Waals surface area contributed by atoms with Crippen molar-refractivity contribution in [1.82, 2.24) is 4.90 Å². The van der Waals surface area contributed by atoms with Gasteiger partial charge >= 0.3 is 5.97 Å². The van der Waals surface area contributed by atoms with E-state index in [9.17, 15) is 4.79 Å². The molecule has 0 unspecified atom stereocenters. The van der Waals surface area contributed by atoms with E-state index in [0.29, 0.717) is 17.9 Å². The molecule has 2 heterocycles. The van der Waals surface area contributed by atoms with Gasteiger partial charge in [0.05, 0.1) is 19.9 Å². The Hall–Kier alpha value is -2.07. The predicted octanol–water partition coefficient (Wildman–Crippen LogP) is 2.62. The molecule has 0 aliphatic carbocycles. The van der Waals surface area contributed by atoms with Gasteiger partial charge in [-0.2, -0.15) is 0 Å². The van der Waals surface area contributed by atoms with Crippen LogP contribution >= 0.6 is 0 Å². The molecule has 1 aliphatic heterocycles. The van der Waals surface area contributed by atoms with Crippen molar-refractivity contribution in [2.45, 2.75) is 19.5 Å². The first-order chi connectivity index (χ1) is 9.78. The smallest absolute Gasteiger partial charge is 0.341 e. The van der Waals surface area contributed by atoms with Gasteiger partial charge in [-0.1, -0.05) is 24.3 Å². The molecule has 4 nitrogen and oxygen atoms in total. The summed E-state index contributed by atoms with van der Waals surface area (Å²) < 4.78 is 10.2. The first kappa shape index (κ1) is 12.9. The number of furan rings is 1. The summed E-state index contributed by atoms with van der Waals surface area (Å²) in [5, 5.41) is 0. The number of carbonyl (C=O) groups excluding carboxylic acids is 1. The Morgan fingerprint density at radius 1 is 1.30 bits per heavy atom. The first-order valence-corrected chi connectivity index (χ1v) is 6.72. The molecule has 0 bridgehead atoms. The van der Waals surface area contributed by atoms with E-state index in [1.54, 1.807) is 12.3 Å².